The number of nitrogens with zero attached hydrogens (tertiary/aromatic N) is 1. The highest BCUT2D eigenvalue weighted by Crippen LogP contribution is 2.44. The summed E-state index contributed by atoms with van der Waals surface area (Å²) in [6.07, 6.45) is 2.36. The van der Waals surface area contributed by atoms with Crippen LogP contribution >= 0.6 is 11.3 Å². The van der Waals surface area contributed by atoms with Gasteiger partial charge < -0.3 is 15.2 Å². The molecule has 9 heteroatoms. The number of hydrogen-bond donors (Lipinski definition) is 3. The molecule has 3 N–H and O–H groups in total. The Hall–Kier alpha value is -3.72. The first-order valence-electron chi connectivity index (χ1n) is 11.1. The van der Waals surface area contributed by atoms with Gasteiger partial charge in [0, 0.05) is 12.0 Å². The van der Waals surface area contributed by atoms with Gasteiger partial charge in [-0.25, -0.2) is 9.78 Å². The Morgan fingerprint density at radius 3 is 2.35 bits per heavy atom. The molecule has 1 fully saturated rings. The maximum Gasteiger partial charge on any atom is 0.413 e. The average molecular weight is 478 g/mol. The summed E-state index contributed by atoms with van der Waals surface area (Å²) in [5.74, 6) is -1.62. The minimum absolute atomic E-state index is 0.0446. The lowest BCUT2D eigenvalue weighted by atomic mass is 9.98. The maximum absolute atomic E-state index is 12.5. The molecule has 2 unspecified atom stereocenters. The standard InChI is InChI=1S/C25H23N3O5S/c29-22(27-15-10-9-14(11-15)23(30)31)21-12-26-24(34-21)28-25(32)33-13-20-18-7-3-1-5-16(18)17-6-2-4-8-19(17)20/h1-8,12,14-15,20H,9-11,13H2,(H,27,29)(H,30,31)(H,26,28,32). The Morgan fingerprint density at radius 1 is 1.03 bits per heavy atom. The number of anilines is 1. The molecule has 0 saturated heterocycles. The van der Waals surface area contributed by atoms with Gasteiger partial charge in [0.25, 0.3) is 5.91 Å². The van der Waals surface area contributed by atoms with Crippen molar-refractivity contribution in [1.29, 1.82) is 0 Å². The Bertz CT molecular complexity index is 1210. The molecule has 2 atom stereocenters. The predicted molar refractivity (Wildman–Crippen MR) is 127 cm³/mol. The zero-order chi connectivity index (χ0) is 23.7. The summed E-state index contributed by atoms with van der Waals surface area (Å²) in [7, 11) is 0. The van der Waals surface area contributed by atoms with Gasteiger partial charge in [-0.3, -0.25) is 14.9 Å². The lowest BCUT2D eigenvalue weighted by Crippen LogP contribution is -2.32. The number of nitrogens with one attached hydrogen (secondary N) is 2. The molecule has 2 aliphatic carbocycles. The van der Waals surface area contributed by atoms with Crippen molar-refractivity contribution in [2.24, 2.45) is 5.92 Å². The van der Waals surface area contributed by atoms with E-state index in [1.54, 1.807) is 0 Å². The van der Waals surface area contributed by atoms with E-state index in [-0.39, 0.29) is 29.6 Å². The summed E-state index contributed by atoms with van der Waals surface area (Å²) in [4.78, 5) is 40.4. The van der Waals surface area contributed by atoms with Gasteiger partial charge in [0.2, 0.25) is 0 Å². The second kappa shape index (κ2) is 9.26. The molecule has 1 aromatic heterocycles. The van der Waals surface area contributed by atoms with Gasteiger partial charge in [-0.05, 0) is 41.5 Å². The minimum atomic E-state index is -0.830. The van der Waals surface area contributed by atoms with Crippen molar-refractivity contribution in [3.05, 3.63) is 70.7 Å². The average Bonchev–Trinajstić information content (AvgIpc) is 3.56. The first-order valence-corrected chi connectivity index (χ1v) is 11.9. The normalized spacial score (nSPS) is 18.7. The number of thiazole rings is 1. The molecule has 3 aromatic rings. The number of hydrogen-bond acceptors (Lipinski definition) is 6. The summed E-state index contributed by atoms with van der Waals surface area (Å²) in [6, 6.07) is 16.0. The van der Waals surface area contributed by atoms with E-state index in [9.17, 15) is 14.4 Å². The lowest BCUT2D eigenvalue weighted by Gasteiger charge is -2.14. The van der Waals surface area contributed by atoms with Crippen molar-refractivity contribution in [2.45, 2.75) is 31.2 Å². The number of aromatic nitrogens is 1. The van der Waals surface area contributed by atoms with Gasteiger partial charge in [-0.2, -0.15) is 0 Å². The van der Waals surface area contributed by atoms with Gasteiger partial charge in [-0.15, -0.1) is 0 Å². The number of carboxylic acids is 1. The monoisotopic (exact) mass is 477 g/mol. The third kappa shape index (κ3) is 4.38. The zero-order valence-electron chi connectivity index (χ0n) is 18.2. The molecule has 0 spiro atoms. The van der Waals surface area contributed by atoms with Gasteiger partial charge in [0.15, 0.2) is 5.13 Å². The molecule has 34 heavy (non-hydrogen) atoms. The molecule has 2 aromatic carbocycles. The fourth-order valence-corrected chi connectivity index (χ4v) is 5.46. The van der Waals surface area contributed by atoms with Crippen molar-refractivity contribution >= 4 is 34.4 Å². The van der Waals surface area contributed by atoms with Gasteiger partial charge in [0.05, 0.1) is 12.1 Å². The highest BCUT2D eigenvalue weighted by Gasteiger charge is 2.31. The number of benzene rings is 2. The van der Waals surface area contributed by atoms with E-state index < -0.39 is 18.0 Å². The molecule has 1 heterocycles. The number of carbonyl (C=O) groups excluding carboxylic acids is 2. The first kappa shape index (κ1) is 22.1. The predicted octanol–water partition coefficient (Wildman–Crippen LogP) is 4.49. The van der Waals surface area contributed by atoms with E-state index in [0.29, 0.717) is 24.1 Å². The number of rotatable bonds is 6. The number of fused-ring (bicyclic) bond motifs is 3. The van der Waals surface area contributed by atoms with Crippen LogP contribution in [0.2, 0.25) is 0 Å². The van der Waals surface area contributed by atoms with E-state index in [4.69, 9.17) is 9.84 Å². The molecule has 2 amide bonds. The first-order chi connectivity index (χ1) is 16.5. The lowest BCUT2D eigenvalue weighted by molar-refractivity contribution is -0.141. The minimum Gasteiger partial charge on any atom is -0.481 e. The third-order valence-corrected chi connectivity index (χ3v) is 7.31. The number of amides is 2. The smallest absolute Gasteiger partial charge is 0.413 e. The number of ether oxygens (including phenoxy) is 1. The van der Waals surface area contributed by atoms with Gasteiger partial charge in [0.1, 0.15) is 11.5 Å². The number of aliphatic carboxylic acids is 1. The molecule has 0 radical (unpaired) electrons. The van der Waals surface area contributed by atoms with E-state index in [1.807, 2.05) is 24.3 Å². The van der Waals surface area contributed by atoms with Crippen LogP contribution < -0.4 is 10.6 Å². The van der Waals surface area contributed by atoms with Crippen LogP contribution in [0.5, 0.6) is 0 Å². The van der Waals surface area contributed by atoms with Crippen molar-refractivity contribution in [1.82, 2.24) is 10.3 Å². The SMILES string of the molecule is O=C(Nc1ncc(C(=O)NC2CCC(C(=O)O)C2)s1)OCC1c2ccccc2-c2ccccc21. The zero-order valence-corrected chi connectivity index (χ0v) is 19.0. The van der Waals surface area contributed by atoms with Crippen LogP contribution in [0.3, 0.4) is 0 Å². The summed E-state index contributed by atoms with van der Waals surface area (Å²) < 4.78 is 5.52. The largest absolute Gasteiger partial charge is 0.481 e. The molecular weight excluding hydrogens is 454 g/mol. The Labute approximate surface area is 200 Å². The fourth-order valence-electron chi connectivity index (χ4n) is 4.75. The highest BCUT2D eigenvalue weighted by atomic mass is 32.1. The van der Waals surface area contributed by atoms with Crippen LogP contribution in [-0.4, -0.2) is 40.7 Å². The maximum atomic E-state index is 12.5. The molecular formula is C25H23N3O5S. The molecule has 0 aliphatic heterocycles. The topological polar surface area (TPSA) is 118 Å². The molecule has 2 aliphatic rings. The molecule has 8 nitrogen and oxygen atoms in total. The molecule has 174 valence electrons. The van der Waals surface area contributed by atoms with Crippen LogP contribution in [0, 0.1) is 5.92 Å². The Morgan fingerprint density at radius 2 is 1.71 bits per heavy atom. The quantitative estimate of drug-likeness (QED) is 0.482. The van der Waals surface area contributed by atoms with Gasteiger partial charge >= 0.3 is 12.1 Å². The summed E-state index contributed by atoms with van der Waals surface area (Å²) in [6.45, 7) is 0.186. The van der Waals surface area contributed by atoms with E-state index in [2.05, 4.69) is 39.9 Å². The second-order valence-electron chi connectivity index (χ2n) is 8.50. The number of carboxylic acid groups (broad SMARTS) is 1. The second-order valence-corrected chi connectivity index (χ2v) is 9.53. The fraction of sp³-hybridized carbons (Fsp3) is 0.280. The van der Waals surface area contributed by atoms with E-state index in [1.165, 1.54) is 6.20 Å². The van der Waals surface area contributed by atoms with Crippen molar-refractivity contribution in [3.8, 4) is 11.1 Å². The molecule has 5 rings (SSSR count). The van der Waals surface area contributed by atoms with Crippen molar-refractivity contribution in [3.63, 3.8) is 0 Å². The van der Waals surface area contributed by atoms with E-state index >= 15 is 0 Å². The highest BCUT2D eigenvalue weighted by molar-refractivity contribution is 7.17. The Balaban J connectivity index is 1.17. The summed E-state index contributed by atoms with van der Waals surface area (Å²) in [5, 5.41) is 14.8. The van der Waals surface area contributed by atoms with E-state index in [0.717, 1.165) is 33.6 Å². The third-order valence-electron chi connectivity index (χ3n) is 6.40. The summed E-state index contributed by atoms with van der Waals surface area (Å²) >= 11 is 1.04. The van der Waals surface area contributed by atoms with Crippen LogP contribution in [0.25, 0.3) is 11.1 Å². The van der Waals surface area contributed by atoms with Crippen molar-refractivity contribution in [2.75, 3.05) is 11.9 Å². The van der Waals surface area contributed by atoms with Crippen LogP contribution in [-0.2, 0) is 9.53 Å². The molecule has 0 bridgehead atoms. The van der Waals surface area contributed by atoms with Crippen molar-refractivity contribution < 1.29 is 24.2 Å². The Kier molecular flexibility index (Phi) is 6.02. The van der Waals surface area contributed by atoms with Crippen LogP contribution in [0.4, 0.5) is 9.93 Å². The molecule has 1 saturated carbocycles. The summed E-state index contributed by atoms with van der Waals surface area (Å²) in [5.41, 5.74) is 4.56. The van der Waals surface area contributed by atoms with Gasteiger partial charge in [-0.1, -0.05) is 59.9 Å². The van der Waals surface area contributed by atoms with Crippen LogP contribution in [0.1, 0.15) is 46.0 Å². The number of carbonyl (C=O) groups is 3. The van der Waals surface area contributed by atoms with Crippen LogP contribution in [0.15, 0.2) is 54.7 Å².